The number of thiocarbonyl (C=S) groups is 1. The minimum Gasteiger partial charge on any atom is -0.506 e. The largest absolute Gasteiger partial charge is 0.506 e. The Morgan fingerprint density at radius 3 is 2.80 bits per heavy atom. The van der Waals surface area contributed by atoms with Gasteiger partial charge in [-0.1, -0.05) is 15.9 Å². The van der Waals surface area contributed by atoms with Gasteiger partial charge in [-0.15, -0.1) is 0 Å². The SMILES string of the molecule is Oc1c(Br)cc(Br)cc1/C=N/NC(=S)N1CCOCC1. The lowest BCUT2D eigenvalue weighted by Gasteiger charge is -2.28. The summed E-state index contributed by atoms with van der Waals surface area (Å²) in [5.74, 6) is 0.135. The molecule has 1 aromatic rings. The quantitative estimate of drug-likeness (QED) is 0.435. The number of morpholine rings is 1. The molecule has 0 amide bonds. The summed E-state index contributed by atoms with van der Waals surface area (Å²) in [6.45, 7) is 2.86. The average Bonchev–Trinajstić information content (AvgIpc) is 2.44. The molecule has 0 bridgehead atoms. The molecule has 0 atom stereocenters. The Hall–Kier alpha value is -0.700. The maximum atomic E-state index is 9.89. The van der Waals surface area contributed by atoms with Crippen molar-refractivity contribution in [1.29, 1.82) is 0 Å². The monoisotopic (exact) mass is 421 g/mol. The van der Waals surface area contributed by atoms with Gasteiger partial charge in [0, 0.05) is 23.1 Å². The number of hydrazone groups is 1. The van der Waals surface area contributed by atoms with Crippen LogP contribution in [-0.2, 0) is 4.74 Å². The maximum absolute atomic E-state index is 9.89. The average molecular weight is 423 g/mol. The molecular weight excluding hydrogens is 410 g/mol. The number of ether oxygens (including phenoxy) is 1. The molecule has 5 nitrogen and oxygen atoms in total. The van der Waals surface area contributed by atoms with Gasteiger partial charge in [0.2, 0.25) is 0 Å². The van der Waals surface area contributed by atoms with Crippen LogP contribution in [0, 0.1) is 0 Å². The van der Waals surface area contributed by atoms with E-state index in [-0.39, 0.29) is 5.75 Å². The summed E-state index contributed by atoms with van der Waals surface area (Å²) < 4.78 is 6.70. The van der Waals surface area contributed by atoms with Gasteiger partial charge in [0.05, 0.1) is 23.9 Å². The van der Waals surface area contributed by atoms with Crippen molar-refractivity contribution < 1.29 is 9.84 Å². The van der Waals surface area contributed by atoms with Crippen LogP contribution in [0.25, 0.3) is 0 Å². The van der Waals surface area contributed by atoms with E-state index in [0.717, 1.165) is 17.6 Å². The van der Waals surface area contributed by atoms with E-state index in [2.05, 4.69) is 42.4 Å². The van der Waals surface area contributed by atoms with Gasteiger partial charge in [-0.05, 0) is 40.3 Å². The third-order valence-electron chi connectivity index (χ3n) is 2.72. The van der Waals surface area contributed by atoms with E-state index < -0.39 is 0 Å². The Bertz CT molecular complexity index is 534. The zero-order valence-electron chi connectivity index (χ0n) is 10.5. The lowest BCUT2D eigenvalue weighted by molar-refractivity contribution is 0.0677. The summed E-state index contributed by atoms with van der Waals surface area (Å²) in [5, 5.41) is 14.5. The van der Waals surface area contributed by atoms with Crippen LogP contribution in [0.5, 0.6) is 5.75 Å². The van der Waals surface area contributed by atoms with Crippen molar-refractivity contribution in [2.75, 3.05) is 26.3 Å². The Morgan fingerprint density at radius 1 is 1.40 bits per heavy atom. The third kappa shape index (κ3) is 4.15. The molecule has 0 spiro atoms. The number of aromatic hydroxyl groups is 1. The first-order valence-electron chi connectivity index (χ1n) is 5.91. The molecule has 1 saturated heterocycles. The van der Waals surface area contributed by atoms with Crippen molar-refractivity contribution in [3.05, 3.63) is 26.6 Å². The van der Waals surface area contributed by atoms with Crippen LogP contribution in [0.4, 0.5) is 0 Å². The number of hydrogen-bond acceptors (Lipinski definition) is 4. The molecule has 1 aromatic carbocycles. The predicted molar refractivity (Wildman–Crippen MR) is 89.2 cm³/mol. The van der Waals surface area contributed by atoms with Gasteiger partial charge in [-0.2, -0.15) is 5.10 Å². The van der Waals surface area contributed by atoms with E-state index in [1.807, 2.05) is 4.90 Å². The standard InChI is InChI=1S/C12H13Br2N3O2S/c13-9-5-8(11(18)10(14)6-9)7-15-16-12(20)17-1-3-19-4-2-17/h5-7,18H,1-4H2,(H,16,20)/b15-7+. The van der Waals surface area contributed by atoms with Crippen LogP contribution < -0.4 is 5.43 Å². The van der Waals surface area contributed by atoms with Gasteiger partial charge in [0.15, 0.2) is 5.11 Å². The number of nitrogens with one attached hydrogen (secondary N) is 1. The zero-order valence-corrected chi connectivity index (χ0v) is 14.5. The molecule has 108 valence electrons. The van der Waals surface area contributed by atoms with E-state index in [0.29, 0.717) is 28.4 Å². The molecule has 0 radical (unpaired) electrons. The maximum Gasteiger partial charge on any atom is 0.189 e. The molecule has 0 aromatic heterocycles. The summed E-state index contributed by atoms with van der Waals surface area (Å²) in [7, 11) is 0. The smallest absolute Gasteiger partial charge is 0.189 e. The Kier molecular flexibility index (Phi) is 5.76. The van der Waals surface area contributed by atoms with E-state index in [9.17, 15) is 5.11 Å². The topological polar surface area (TPSA) is 57.1 Å². The predicted octanol–water partition coefficient (Wildman–Crippen LogP) is 2.46. The van der Waals surface area contributed by atoms with Crippen LogP contribution >= 0.6 is 44.1 Å². The van der Waals surface area contributed by atoms with Crippen molar-refractivity contribution in [2.45, 2.75) is 0 Å². The molecule has 0 saturated carbocycles. The fourth-order valence-electron chi connectivity index (χ4n) is 1.68. The van der Waals surface area contributed by atoms with Gasteiger partial charge >= 0.3 is 0 Å². The second-order valence-corrected chi connectivity index (χ2v) is 6.26. The van der Waals surface area contributed by atoms with Gasteiger partial charge in [0.1, 0.15) is 5.75 Å². The normalized spacial score (nSPS) is 15.6. The van der Waals surface area contributed by atoms with Crippen LogP contribution in [0.15, 0.2) is 26.2 Å². The van der Waals surface area contributed by atoms with Crippen molar-refractivity contribution in [2.24, 2.45) is 5.10 Å². The molecule has 1 aliphatic rings. The van der Waals surface area contributed by atoms with E-state index in [1.54, 1.807) is 12.1 Å². The van der Waals surface area contributed by atoms with Crippen LogP contribution in [0.1, 0.15) is 5.56 Å². The molecule has 0 aliphatic carbocycles. The second-order valence-electron chi connectivity index (χ2n) is 4.10. The highest BCUT2D eigenvalue weighted by Gasteiger charge is 2.12. The number of phenols is 1. The van der Waals surface area contributed by atoms with Crippen molar-refractivity contribution in [3.63, 3.8) is 0 Å². The molecule has 20 heavy (non-hydrogen) atoms. The summed E-state index contributed by atoms with van der Waals surface area (Å²) >= 11 is 11.9. The number of benzene rings is 1. The first kappa shape index (κ1) is 15.7. The van der Waals surface area contributed by atoms with Gasteiger partial charge in [-0.3, -0.25) is 5.43 Å². The van der Waals surface area contributed by atoms with E-state index in [4.69, 9.17) is 17.0 Å². The Labute approximate surface area is 139 Å². The number of phenolic OH excluding ortho intramolecular Hbond substituents is 1. The third-order valence-corrected chi connectivity index (χ3v) is 4.13. The number of halogens is 2. The van der Waals surface area contributed by atoms with Crippen molar-refractivity contribution >= 4 is 55.4 Å². The molecule has 0 unspecified atom stereocenters. The highest BCUT2D eigenvalue weighted by atomic mass is 79.9. The lowest BCUT2D eigenvalue weighted by atomic mass is 10.2. The van der Waals surface area contributed by atoms with Crippen molar-refractivity contribution in [3.8, 4) is 5.75 Å². The summed E-state index contributed by atoms with van der Waals surface area (Å²) in [6, 6.07) is 3.53. The Balaban J connectivity index is 1.98. The fraction of sp³-hybridized carbons (Fsp3) is 0.333. The molecule has 2 N–H and O–H groups in total. The minimum absolute atomic E-state index is 0.135. The molecular formula is C12H13Br2N3O2S. The van der Waals surface area contributed by atoms with Crippen LogP contribution in [0.2, 0.25) is 0 Å². The fourth-order valence-corrected chi connectivity index (χ4v) is 3.17. The van der Waals surface area contributed by atoms with Gasteiger partial charge in [0.25, 0.3) is 0 Å². The highest BCUT2D eigenvalue weighted by Crippen LogP contribution is 2.30. The molecule has 1 fully saturated rings. The zero-order chi connectivity index (χ0) is 14.5. The number of rotatable bonds is 2. The summed E-state index contributed by atoms with van der Waals surface area (Å²) in [5.41, 5.74) is 3.38. The van der Waals surface area contributed by atoms with E-state index >= 15 is 0 Å². The lowest BCUT2D eigenvalue weighted by Crippen LogP contribution is -2.44. The molecule has 8 heteroatoms. The first-order chi connectivity index (χ1) is 9.58. The summed E-state index contributed by atoms with van der Waals surface area (Å²) in [4.78, 5) is 1.99. The molecule has 1 heterocycles. The number of nitrogens with zero attached hydrogens (tertiary/aromatic N) is 2. The summed E-state index contributed by atoms with van der Waals surface area (Å²) in [6.07, 6.45) is 1.53. The molecule has 2 rings (SSSR count). The van der Waals surface area contributed by atoms with E-state index in [1.165, 1.54) is 6.21 Å². The minimum atomic E-state index is 0.135. The van der Waals surface area contributed by atoms with Gasteiger partial charge in [-0.25, -0.2) is 0 Å². The van der Waals surface area contributed by atoms with Crippen LogP contribution in [0.3, 0.4) is 0 Å². The highest BCUT2D eigenvalue weighted by molar-refractivity contribution is 9.11. The first-order valence-corrected chi connectivity index (χ1v) is 7.91. The van der Waals surface area contributed by atoms with Crippen LogP contribution in [-0.4, -0.2) is 47.6 Å². The van der Waals surface area contributed by atoms with Crippen molar-refractivity contribution in [1.82, 2.24) is 10.3 Å². The van der Waals surface area contributed by atoms with Gasteiger partial charge < -0.3 is 14.7 Å². The molecule has 1 aliphatic heterocycles. The number of hydrogen-bond donors (Lipinski definition) is 2. The Morgan fingerprint density at radius 2 is 2.10 bits per heavy atom. The second kappa shape index (κ2) is 7.35.